The van der Waals surface area contributed by atoms with Crippen molar-refractivity contribution in [3.63, 3.8) is 0 Å². The Labute approximate surface area is 176 Å². The van der Waals surface area contributed by atoms with Crippen LogP contribution in [0.1, 0.15) is 52.1 Å². The maximum absolute atomic E-state index is 12.5. The van der Waals surface area contributed by atoms with Crippen LogP contribution in [-0.4, -0.2) is 42.1 Å². The Morgan fingerprint density at radius 1 is 1.07 bits per heavy atom. The number of hydrogen-bond donors (Lipinski definition) is 3. The Morgan fingerprint density at radius 3 is 2.33 bits per heavy atom. The van der Waals surface area contributed by atoms with Crippen LogP contribution in [0.25, 0.3) is 11.0 Å². The monoisotopic (exact) mass is 417 g/mol. The molecule has 164 valence electrons. The van der Waals surface area contributed by atoms with Crippen molar-refractivity contribution in [3.05, 3.63) is 36.1 Å². The van der Waals surface area contributed by atoms with Crippen LogP contribution in [0.15, 0.2) is 34.7 Å². The summed E-state index contributed by atoms with van der Waals surface area (Å²) in [5.74, 6) is -0.452. The van der Waals surface area contributed by atoms with Gasteiger partial charge in [-0.25, -0.2) is 4.79 Å². The molecule has 3 N–H and O–H groups in total. The fourth-order valence-electron chi connectivity index (χ4n) is 2.69. The van der Waals surface area contributed by atoms with Crippen molar-refractivity contribution in [1.82, 2.24) is 16.0 Å². The zero-order valence-corrected chi connectivity index (χ0v) is 18.4. The molecule has 3 amide bonds. The standard InChI is InChI=1S/C22H31N3O5/c1-13(2)16(25-19(26)14(3)24-21(28)30-22(4,5)6)12-23-20(27)18-11-15-9-7-8-10-17(15)29-18/h7-11,13-14,16H,12H2,1-6H3,(H,23,27)(H,24,28)(H,25,26)/t14?,16-/m1/s1. The van der Waals surface area contributed by atoms with Gasteiger partial charge in [-0.2, -0.15) is 0 Å². The van der Waals surface area contributed by atoms with Crippen molar-refractivity contribution in [2.45, 2.75) is 59.2 Å². The molecule has 0 bridgehead atoms. The zero-order valence-electron chi connectivity index (χ0n) is 18.4. The van der Waals surface area contributed by atoms with Gasteiger partial charge in [-0.3, -0.25) is 9.59 Å². The number of carbonyl (C=O) groups excluding carboxylic acids is 3. The number of alkyl carbamates (subject to hydrolysis) is 1. The van der Waals surface area contributed by atoms with Gasteiger partial charge in [-0.1, -0.05) is 32.0 Å². The van der Waals surface area contributed by atoms with Crippen LogP contribution >= 0.6 is 0 Å². The first-order valence-corrected chi connectivity index (χ1v) is 10.0. The Bertz CT molecular complexity index is 865. The molecule has 1 aromatic carbocycles. The first-order valence-electron chi connectivity index (χ1n) is 10.0. The van der Waals surface area contributed by atoms with Crippen LogP contribution < -0.4 is 16.0 Å². The quantitative estimate of drug-likeness (QED) is 0.641. The van der Waals surface area contributed by atoms with Crippen molar-refractivity contribution in [1.29, 1.82) is 0 Å². The molecule has 0 spiro atoms. The second kappa shape index (κ2) is 9.65. The Morgan fingerprint density at radius 2 is 1.73 bits per heavy atom. The molecule has 1 aromatic heterocycles. The second-order valence-electron chi connectivity index (χ2n) is 8.59. The maximum Gasteiger partial charge on any atom is 0.408 e. The van der Waals surface area contributed by atoms with E-state index >= 15 is 0 Å². The number of hydrogen-bond acceptors (Lipinski definition) is 5. The van der Waals surface area contributed by atoms with E-state index in [2.05, 4.69) is 16.0 Å². The van der Waals surface area contributed by atoms with Gasteiger partial charge in [0.1, 0.15) is 17.2 Å². The molecule has 2 atom stereocenters. The van der Waals surface area contributed by atoms with Crippen molar-refractivity contribution < 1.29 is 23.5 Å². The lowest BCUT2D eigenvalue weighted by atomic mass is 10.0. The summed E-state index contributed by atoms with van der Waals surface area (Å²) >= 11 is 0. The second-order valence-corrected chi connectivity index (χ2v) is 8.59. The minimum atomic E-state index is -0.785. The molecule has 2 rings (SSSR count). The Kier molecular flexibility index (Phi) is 7.48. The highest BCUT2D eigenvalue weighted by molar-refractivity contribution is 5.96. The van der Waals surface area contributed by atoms with Crippen LogP contribution in [0.2, 0.25) is 0 Å². The topological polar surface area (TPSA) is 110 Å². The molecule has 8 nitrogen and oxygen atoms in total. The summed E-state index contributed by atoms with van der Waals surface area (Å²) in [4.78, 5) is 36.8. The number of fused-ring (bicyclic) bond motifs is 1. The molecule has 0 aliphatic rings. The highest BCUT2D eigenvalue weighted by Gasteiger charge is 2.24. The number of benzene rings is 1. The third-order valence-corrected chi connectivity index (χ3v) is 4.39. The number of furan rings is 1. The average Bonchev–Trinajstić information content (AvgIpc) is 3.07. The van der Waals surface area contributed by atoms with Crippen LogP contribution in [0.5, 0.6) is 0 Å². The van der Waals surface area contributed by atoms with Gasteiger partial charge >= 0.3 is 6.09 Å². The number of ether oxygens (including phenoxy) is 1. The lowest BCUT2D eigenvalue weighted by Gasteiger charge is -2.25. The Balaban J connectivity index is 1.91. The van der Waals surface area contributed by atoms with E-state index in [4.69, 9.17) is 9.15 Å². The van der Waals surface area contributed by atoms with Crippen LogP contribution in [0.3, 0.4) is 0 Å². The summed E-state index contributed by atoms with van der Waals surface area (Å²) in [5.41, 5.74) is -0.0137. The minimum absolute atomic E-state index is 0.0543. The van der Waals surface area contributed by atoms with Crippen molar-refractivity contribution in [2.24, 2.45) is 5.92 Å². The molecule has 0 aliphatic carbocycles. The van der Waals surface area contributed by atoms with Gasteiger partial charge in [0.2, 0.25) is 5.91 Å². The van der Waals surface area contributed by atoms with E-state index in [-0.39, 0.29) is 36.1 Å². The van der Waals surface area contributed by atoms with E-state index in [1.807, 2.05) is 32.0 Å². The molecule has 1 heterocycles. The Hall–Kier alpha value is -3.03. The van der Waals surface area contributed by atoms with E-state index < -0.39 is 17.7 Å². The summed E-state index contributed by atoms with van der Waals surface area (Å²) in [6.45, 7) is 10.9. The van der Waals surface area contributed by atoms with Crippen molar-refractivity contribution >= 4 is 28.9 Å². The number of nitrogens with one attached hydrogen (secondary N) is 3. The minimum Gasteiger partial charge on any atom is -0.451 e. The molecule has 30 heavy (non-hydrogen) atoms. The third kappa shape index (κ3) is 6.79. The third-order valence-electron chi connectivity index (χ3n) is 4.39. The van der Waals surface area contributed by atoms with Gasteiger partial charge in [-0.15, -0.1) is 0 Å². The predicted molar refractivity (Wildman–Crippen MR) is 114 cm³/mol. The first-order chi connectivity index (χ1) is 14.0. The van der Waals surface area contributed by atoms with Gasteiger partial charge in [0.05, 0.1) is 0 Å². The van der Waals surface area contributed by atoms with E-state index in [0.717, 1.165) is 5.39 Å². The van der Waals surface area contributed by atoms with Gasteiger partial charge in [-0.05, 0) is 45.7 Å². The van der Waals surface area contributed by atoms with Crippen molar-refractivity contribution in [3.8, 4) is 0 Å². The highest BCUT2D eigenvalue weighted by Crippen LogP contribution is 2.18. The molecule has 0 radical (unpaired) electrons. The average molecular weight is 418 g/mol. The lowest BCUT2D eigenvalue weighted by molar-refractivity contribution is -0.123. The lowest BCUT2D eigenvalue weighted by Crippen LogP contribution is -2.53. The van der Waals surface area contributed by atoms with Crippen LogP contribution in [-0.2, 0) is 9.53 Å². The molecular weight excluding hydrogens is 386 g/mol. The summed E-state index contributed by atoms with van der Waals surface area (Å²) < 4.78 is 10.7. The SMILES string of the molecule is CC(NC(=O)OC(C)(C)C)C(=O)N[C@H](CNC(=O)c1cc2ccccc2o1)C(C)C. The van der Waals surface area contributed by atoms with Gasteiger partial charge in [0.15, 0.2) is 5.76 Å². The number of para-hydroxylation sites is 1. The van der Waals surface area contributed by atoms with Gasteiger partial charge < -0.3 is 25.1 Å². The van der Waals surface area contributed by atoms with E-state index in [9.17, 15) is 14.4 Å². The van der Waals surface area contributed by atoms with Crippen LogP contribution in [0.4, 0.5) is 4.79 Å². The summed E-state index contributed by atoms with van der Waals surface area (Å²) in [7, 11) is 0. The number of carbonyl (C=O) groups is 3. The predicted octanol–water partition coefficient (Wildman–Crippen LogP) is 3.22. The molecular formula is C22H31N3O5. The first kappa shape index (κ1) is 23.3. The molecule has 8 heteroatoms. The molecule has 0 saturated heterocycles. The fraction of sp³-hybridized carbons (Fsp3) is 0.500. The number of amides is 3. The maximum atomic E-state index is 12.5. The summed E-state index contributed by atoms with van der Waals surface area (Å²) in [5, 5.41) is 9.02. The fourth-order valence-corrected chi connectivity index (χ4v) is 2.69. The smallest absolute Gasteiger partial charge is 0.408 e. The zero-order chi connectivity index (χ0) is 22.5. The van der Waals surface area contributed by atoms with Crippen molar-refractivity contribution in [2.75, 3.05) is 6.54 Å². The molecule has 0 fully saturated rings. The largest absolute Gasteiger partial charge is 0.451 e. The number of rotatable bonds is 7. The van der Waals surface area contributed by atoms with Gasteiger partial charge in [0.25, 0.3) is 5.91 Å². The highest BCUT2D eigenvalue weighted by atomic mass is 16.6. The molecule has 0 saturated carbocycles. The van der Waals surface area contributed by atoms with E-state index in [0.29, 0.717) is 5.58 Å². The van der Waals surface area contributed by atoms with Crippen LogP contribution in [0, 0.1) is 5.92 Å². The van der Waals surface area contributed by atoms with E-state index in [1.165, 1.54) is 0 Å². The molecule has 1 unspecified atom stereocenters. The molecule has 0 aliphatic heterocycles. The summed E-state index contributed by atoms with van der Waals surface area (Å²) in [6.07, 6.45) is -0.663. The molecule has 2 aromatic rings. The summed E-state index contributed by atoms with van der Waals surface area (Å²) in [6, 6.07) is 7.94. The normalized spacial score (nSPS) is 13.6. The van der Waals surface area contributed by atoms with E-state index in [1.54, 1.807) is 39.8 Å². The van der Waals surface area contributed by atoms with Gasteiger partial charge in [0, 0.05) is 18.0 Å².